The molecule has 1 saturated heterocycles. The van der Waals surface area contributed by atoms with Crippen molar-refractivity contribution in [1.82, 2.24) is 14.9 Å². The minimum Gasteiger partial charge on any atom is -0.367 e. The van der Waals surface area contributed by atoms with Crippen LogP contribution in [-0.4, -0.2) is 53.5 Å². The first-order chi connectivity index (χ1) is 9.95. The number of nitrogens with zero attached hydrogens (tertiary/aromatic N) is 4. The van der Waals surface area contributed by atoms with Gasteiger partial charge >= 0.3 is 5.69 Å². The Kier molecular flexibility index (Phi) is 4.56. The molecule has 0 aromatic carbocycles. The maximum absolute atomic E-state index is 11.2. The van der Waals surface area contributed by atoms with Crippen molar-refractivity contribution in [2.75, 3.05) is 44.4 Å². The molecule has 0 saturated carbocycles. The number of nitrogens with one attached hydrogen (secondary N) is 2. The first kappa shape index (κ1) is 15.4. The van der Waals surface area contributed by atoms with E-state index in [2.05, 4.69) is 39.5 Å². The fourth-order valence-electron chi connectivity index (χ4n) is 2.50. The van der Waals surface area contributed by atoms with Gasteiger partial charge in [0.2, 0.25) is 11.6 Å². The molecule has 1 aromatic heterocycles. The van der Waals surface area contributed by atoms with Crippen LogP contribution in [0.25, 0.3) is 0 Å². The molecule has 1 aliphatic heterocycles. The fourth-order valence-corrected chi connectivity index (χ4v) is 2.50. The van der Waals surface area contributed by atoms with Crippen molar-refractivity contribution in [1.29, 1.82) is 0 Å². The summed E-state index contributed by atoms with van der Waals surface area (Å²) in [6.07, 6.45) is 3.46. The van der Waals surface area contributed by atoms with E-state index in [1.165, 1.54) is 6.33 Å². The van der Waals surface area contributed by atoms with Crippen molar-refractivity contribution < 1.29 is 4.92 Å². The second-order valence-corrected chi connectivity index (χ2v) is 5.89. The summed E-state index contributed by atoms with van der Waals surface area (Å²) in [5, 5.41) is 17.1. The predicted molar refractivity (Wildman–Crippen MR) is 81.6 cm³/mol. The SMILES string of the molecule is CNc1ncnc(NCC2(C)CCN(C)CC2)c1[N+](=O)[O-]. The average Bonchev–Trinajstić information content (AvgIpc) is 2.48. The summed E-state index contributed by atoms with van der Waals surface area (Å²) in [6.45, 7) is 4.97. The lowest BCUT2D eigenvalue weighted by molar-refractivity contribution is -0.383. The molecule has 0 bridgehead atoms. The Morgan fingerprint density at radius 2 is 2.00 bits per heavy atom. The topological polar surface area (TPSA) is 96.2 Å². The van der Waals surface area contributed by atoms with Gasteiger partial charge in [0.05, 0.1) is 4.92 Å². The number of aromatic nitrogens is 2. The summed E-state index contributed by atoms with van der Waals surface area (Å²) in [4.78, 5) is 21.0. The molecule has 0 unspecified atom stereocenters. The molecule has 1 aliphatic rings. The van der Waals surface area contributed by atoms with Gasteiger partial charge in [-0.25, -0.2) is 9.97 Å². The second-order valence-electron chi connectivity index (χ2n) is 5.89. The molecule has 0 radical (unpaired) electrons. The summed E-state index contributed by atoms with van der Waals surface area (Å²) in [5.74, 6) is 0.505. The lowest BCUT2D eigenvalue weighted by Gasteiger charge is -2.38. The van der Waals surface area contributed by atoms with Crippen LogP contribution in [-0.2, 0) is 0 Å². The minimum absolute atomic E-state index is 0.100. The molecule has 1 fully saturated rings. The van der Waals surface area contributed by atoms with Crippen molar-refractivity contribution >= 4 is 17.3 Å². The Hall–Kier alpha value is -1.96. The zero-order valence-corrected chi connectivity index (χ0v) is 12.7. The van der Waals surface area contributed by atoms with Crippen LogP contribution < -0.4 is 10.6 Å². The zero-order valence-electron chi connectivity index (χ0n) is 12.7. The number of nitro groups is 1. The van der Waals surface area contributed by atoms with Gasteiger partial charge in [0, 0.05) is 13.6 Å². The molecule has 8 heteroatoms. The Labute approximate surface area is 124 Å². The van der Waals surface area contributed by atoms with Gasteiger partial charge in [0.15, 0.2) is 0 Å². The monoisotopic (exact) mass is 294 g/mol. The summed E-state index contributed by atoms with van der Waals surface area (Å²) in [7, 11) is 3.72. The summed E-state index contributed by atoms with van der Waals surface area (Å²) >= 11 is 0. The molecule has 0 aliphatic carbocycles. The van der Waals surface area contributed by atoms with E-state index in [9.17, 15) is 10.1 Å². The number of anilines is 2. The Morgan fingerprint density at radius 3 is 2.57 bits per heavy atom. The van der Waals surface area contributed by atoms with Crippen LogP contribution in [0.4, 0.5) is 17.3 Å². The van der Waals surface area contributed by atoms with Gasteiger partial charge in [0.25, 0.3) is 0 Å². The van der Waals surface area contributed by atoms with Gasteiger partial charge in [-0.15, -0.1) is 0 Å². The Morgan fingerprint density at radius 1 is 1.38 bits per heavy atom. The minimum atomic E-state index is -0.453. The van der Waals surface area contributed by atoms with Crippen LogP contribution in [0.5, 0.6) is 0 Å². The van der Waals surface area contributed by atoms with Gasteiger partial charge in [-0.1, -0.05) is 6.92 Å². The molecular weight excluding hydrogens is 272 g/mol. The third-order valence-electron chi connectivity index (χ3n) is 4.12. The number of rotatable bonds is 5. The first-order valence-electron chi connectivity index (χ1n) is 7.05. The van der Waals surface area contributed by atoms with E-state index >= 15 is 0 Å². The largest absolute Gasteiger partial charge is 0.367 e. The maximum Gasteiger partial charge on any atom is 0.353 e. The van der Waals surface area contributed by atoms with Crippen molar-refractivity contribution in [2.24, 2.45) is 5.41 Å². The maximum atomic E-state index is 11.2. The zero-order chi connectivity index (χ0) is 15.5. The third kappa shape index (κ3) is 3.57. The fraction of sp³-hybridized carbons (Fsp3) is 0.692. The molecule has 2 heterocycles. The average molecular weight is 294 g/mol. The highest BCUT2D eigenvalue weighted by molar-refractivity contribution is 5.69. The van der Waals surface area contributed by atoms with Crippen LogP contribution in [0.3, 0.4) is 0 Å². The van der Waals surface area contributed by atoms with Gasteiger partial charge in [-0.2, -0.15) is 0 Å². The van der Waals surface area contributed by atoms with E-state index in [0.717, 1.165) is 25.9 Å². The Bertz CT molecular complexity index is 513. The van der Waals surface area contributed by atoms with E-state index in [1.807, 2.05) is 0 Å². The Balaban J connectivity index is 2.11. The molecule has 0 spiro atoms. The predicted octanol–water partition coefficient (Wildman–Crippen LogP) is 1.57. The van der Waals surface area contributed by atoms with E-state index in [0.29, 0.717) is 6.54 Å². The van der Waals surface area contributed by atoms with Gasteiger partial charge < -0.3 is 15.5 Å². The smallest absolute Gasteiger partial charge is 0.353 e. The lowest BCUT2D eigenvalue weighted by Crippen LogP contribution is -2.40. The summed E-state index contributed by atoms with van der Waals surface area (Å²) in [5.41, 5.74) is 0.0297. The molecular formula is C13H22N6O2. The van der Waals surface area contributed by atoms with E-state index in [1.54, 1.807) is 7.05 Å². The van der Waals surface area contributed by atoms with E-state index < -0.39 is 4.92 Å². The van der Waals surface area contributed by atoms with Crippen molar-refractivity contribution in [3.8, 4) is 0 Å². The van der Waals surface area contributed by atoms with Crippen LogP contribution in [0.1, 0.15) is 19.8 Å². The standard InChI is InChI=1S/C13H22N6O2/c1-13(4-6-18(3)7-5-13)8-15-12-10(19(20)21)11(14-2)16-9-17-12/h9H,4-8H2,1-3H3,(H2,14,15,16,17). The van der Waals surface area contributed by atoms with Gasteiger partial charge in [-0.3, -0.25) is 10.1 Å². The molecule has 0 amide bonds. The van der Waals surface area contributed by atoms with Crippen LogP contribution >= 0.6 is 0 Å². The third-order valence-corrected chi connectivity index (χ3v) is 4.12. The molecule has 0 atom stereocenters. The van der Waals surface area contributed by atoms with E-state index in [-0.39, 0.29) is 22.7 Å². The number of hydrogen-bond donors (Lipinski definition) is 2. The molecule has 1 aromatic rings. The number of hydrogen-bond acceptors (Lipinski definition) is 7. The lowest BCUT2D eigenvalue weighted by atomic mass is 9.80. The highest BCUT2D eigenvalue weighted by atomic mass is 16.6. The van der Waals surface area contributed by atoms with Gasteiger partial charge in [0.1, 0.15) is 6.33 Å². The highest BCUT2D eigenvalue weighted by Gasteiger charge is 2.30. The molecule has 2 rings (SSSR count). The molecule has 2 N–H and O–H groups in total. The normalized spacial score (nSPS) is 18.2. The van der Waals surface area contributed by atoms with Crippen LogP contribution in [0.2, 0.25) is 0 Å². The molecule has 8 nitrogen and oxygen atoms in total. The highest BCUT2D eigenvalue weighted by Crippen LogP contribution is 2.33. The van der Waals surface area contributed by atoms with Crippen LogP contribution in [0.15, 0.2) is 6.33 Å². The van der Waals surface area contributed by atoms with Gasteiger partial charge in [-0.05, 0) is 38.4 Å². The first-order valence-corrected chi connectivity index (χ1v) is 7.05. The van der Waals surface area contributed by atoms with E-state index in [4.69, 9.17) is 0 Å². The summed E-state index contributed by atoms with van der Waals surface area (Å²) in [6, 6.07) is 0. The quantitative estimate of drug-likeness (QED) is 0.628. The number of piperidine rings is 1. The summed E-state index contributed by atoms with van der Waals surface area (Å²) < 4.78 is 0. The molecule has 21 heavy (non-hydrogen) atoms. The van der Waals surface area contributed by atoms with Crippen molar-refractivity contribution in [3.63, 3.8) is 0 Å². The second kappa shape index (κ2) is 6.21. The number of likely N-dealkylation sites (tertiary alicyclic amines) is 1. The van der Waals surface area contributed by atoms with Crippen LogP contribution in [0, 0.1) is 15.5 Å². The van der Waals surface area contributed by atoms with Crippen molar-refractivity contribution in [3.05, 3.63) is 16.4 Å². The molecule has 116 valence electrons. The van der Waals surface area contributed by atoms with Crippen molar-refractivity contribution in [2.45, 2.75) is 19.8 Å².